The first kappa shape index (κ1) is 19.0. The highest BCUT2D eigenvalue weighted by Crippen LogP contribution is 2.32. The van der Waals surface area contributed by atoms with Gasteiger partial charge in [-0.15, -0.1) is 0 Å². The maximum atomic E-state index is 12.4. The minimum Gasteiger partial charge on any atom is -0.508 e. The zero-order valence-corrected chi connectivity index (χ0v) is 15.7. The number of phenols is 1. The summed E-state index contributed by atoms with van der Waals surface area (Å²) in [5.41, 5.74) is 5.36. The summed E-state index contributed by atoms with van der Waals surface area (Å²) in [6, 6.07) is 13.5. The number of hydrogen-bond acceptors (Lipinski definition) is 6. The molecule has 8 nitrogen and oxygen atoms in total. The van der Waals surface area contributed by atoms with Crippen LogP contribution in [0.2, 0.25) is 0 Å². The first-order chi connectivity index (χ1) is 13.5. The second-order valence-corrected chi connectivity index (χ2v) is 5.92. The molecule has 1 amide bonds. The maximum absolute atomic E-state index is 12.4. The van der Waals surface area contributed by atoms with Crippen LogP contribution in [-0.2, 0) is 0 Å². The summed E-state index contributed by atoms with van der Waals surface area (Å²) in [7, 11) is 3.13. The number of benzene rings is 2. The van der Waals surface area contributed by atoms with E-state index in [0.717, 1.165) is 5.56 Å². The van der Waals surface area contributed by atoms with E-state index < -0.39 is 5.91 Å². The average Bonchev–Trinajstić information content (AvgIpc) is 3.22. The van der Waals surface area contributed by atoms with Crippen molar-refractivity contribution in [1.29, 1.82) is 0 Å². The maximum Gasteiger partial charge on any atom is 0.289 e. The van der Waals surface area contributed by atoms with Crippen molar-refractivity contribution in [3.05, 3.63) is 59.8 Å². The summed E-state index contributed by atoms with van der Waals surface area (Å²) in [4.78, 5) is 12.4. The summed E-state index contributed by atoms with van der Waals surface area (Å²) < 4.78 is 10.6. The van der Waals surface area contributed by atoms with E-state index >= 15 is 0 Å². The number of aromatic hydroxyl groups is 1. The number of aromatic nitrogens is 2. The molecule has 0 aliphatic carbocycles. The van der Waals surface area contributed by atoms with E-state index in [1.54, 1.807) is 69.7 Å². The van der Waals surface area contributed by atoms with Crippen LogP contribution in [0.4, 0.5) is 0 Å². The number of carbonyl (C=O) groups is 1. The van der Waals surface area contributed by atoms with Gasteiger partial charge in [-0.3, -0.25) is 9.89 Å². The van der Waals surface area contributed by atoms with E-state index in [4.69, 9.17) is 9.47 Å². The van der Waals surface area contributed by atoms with E-state index in [0.29, 0.717) is 28.5 Å². The molecule has 0 radical (unpaired) electrons. The molecule has 28 heavy (non-hydrogen) atoms. The highest BCUT2D eigenvalue weighted by atomic mass is 16.5. The van der Waals surface area contributed by atoms with Gasteiger partial charge in [0.1, 0.15) is 22.9 Å². The van der Waals surface area contributed by atoms with Crippen molar-refractivity contribution in [3.63, 3.8) is 0 Å². The topological polar surface area (TPSA) is 109 Å². The molecule has 3 rings (SSSR count). The lowest BCUT2D eigenvalue weighted by molar-refractivity contribution is 0.0950. The van der Waals surface area contributed by atoms with Gasteiger partial charge < -0.3 is 14.6 Å². The Hall–Kier alpha value is -3.81. The highest BCUT2D eigenvalue weighted by Gasteiger charge is 2.15. The SMILES string of the molecule is COc1ccc(OC)c(-c2cc(C(=O)N/N=C(\C)c3ccc(O)cc3)[nH]n2)c1. The number of nitrogens with one attached hydrogen (secondary N) is 2. The monoisotopic (exact) mass is 380 g/mol. The van der Waals surface area contributed by atoms with Gasteiger partial charge >= 0.3 is 0 Å². The van der Waals surface area contributed by atoms with E-state index in [2.05, 4.69) is 20.7 Å². The summed E-state index contributed by atoms with van der Waals surface area (Å²) in [5.74, 6) is 0.997. The zero-order chi connectivity index (χ0) is 20.1. The van der Waals surface area contributed by atoms with Crippen molar-refractivity contribution in [2.75, 3.05) is 14.2 Å². The third-order valence-corrected chi connectivity index (χ3v) is 4.12. The Morgan fingerprint density at radius 3 is 2.54 bits per heavy atom. The Morgan fingerprint density at radius 1 is 1.11 bits per heavy atom. The summed E-state index contributed by atoms with van der Waals surface area (Å²) in [6.45, 7) is 1.76. The number of amides is 1. The number of hydrazone groups is 1. The summed E-state index contributed by atoms with van der Waals surface area (Å²) in [5, 5.41) is 20.3. The fraction of sp³-hybridized carbons (Fsp3) is 0.150. The Balaban J connectivity index is 1.77. The minimum absolute atomic E-state index is 0.165. The van der Waals surface area contributed by atoms with Crippen molar-refractivity contribution in [2.45, 2.75) is 6.92 Å². The Labute approximate surface area is 161 Å². The van der Waals surface area contributed by atoms with Crippen LogP contribution in [0.15, 0.2) is 53.6 Å². The molecular weight excluding hydrogens is 360 g/mol. The molecule has 0 unspecified atom stereocenters. The fourth-order valence-electron chi connectivity index (χ4n) is 2.55. The molecule has 0 spiro atoms. The Morgan fingerprint density at radius 2 is 1.86 bits per heavy atom. The number of carbonyl (C=O) groups excluding carboxylic acids is 1. The second-order valence-electron chi connectivity index (χ2n) is 5.92. The Kier molecular flexibility index (Phi) is 5.59. The van der Waals surface area contributed by atoms with Crippen LogP contribution in [0.5, 0.6) is 17.2 Å². The summed E-state index contributed by atoms with van der Waals surface area (Å²) in [6.07, 6.45) is 0. The van der Waals surface area contributed by atoms with E-state index in [-0.39, 0.29) is 11.4 Å². The van der Waals surface area contributed by atoms with E-state index in [1.165, 1.54) is 0 Å². The first-order valence-corrected chi connectivity index (χ1v) is 8.43. The summed E-state index contributed by atoms with van der Waals surface area (Å²) >= 11 is 0. The molecule has 1 heterocycles. The zero-order valence-electron chi connectivity index (χ0n) is 15.7. The highest BCUT2D eigenvalue weighted by molar-refractivity contribution is 6.00. The van der Waals surface area contributed by atoms with Crippen LogP contribution >= 0.6 is 0 Å². The number of rotatable bonds is 6. The molecule has 0 bridgehead atoms. The lowest BCUT2D eigenvalue weighted by Crippen LogP contribution is -2.19. The fourth-order valence-corrected chi connectivity index (χ4v) is 2.55. The van der Waals surface area contributed by atoms with Crippen LogP contribution in [-0.4, -0.2) is 41.1 Å². The van der Waals surface area contributed by atoms with Gasteiger partial charge in [-0.05, 0) is 61.0 Å². The molecule has 0 atom stereocenters. The molecule has 0 saturated carbocycles. The van der Waals surface area contributed by atoms with Crippen LogP contribution < -0.4 is 14.9 Å². The minimum atomic E-state index is -0.432. The normalized spacial score (nSPS) is 11.2. The van der Waals surface area contributed by atoms with Crippen LogP contribution in [0, 0.1) is 0 Å². The molecule has 3 aromatic rings. The lowest BCUT2D eigenvalue weighted by atomic mass is 10.1. The molecule has 0 saturated heterocycles. The van der Waals surface area contributed by atoms with Gasteiger partial charge in [-0.2, -0.15) is 10.2 Å². The van der Waals surface area contributed by atoms with Crippen molar-refractivity contribution >= 4 is 11.6 Å². The van der Waals surface area contributed by atoms with Crippen molar-refractivity contribution in [1.82, 2.24) is 15.6 Å². The Bertz CT molecular complexity index is 1010. The van der Waals surface area contributed by atoms with Crippen LogP contribution in [0.1, 0.15) is 23.0 Å². The number of phenolic OH excluding ortho intramolecular Hbond substituents is 1. The lowest BCUT2D eigenvalue weighted by Gasteiger charge is -2.08. The quantitative estimate of drug-likeness (QED) is 0.450. The van der Waals surface area contributed by atoms with E-state index in [1.807, 2.05) is 0 Å². The molecule has 3 N–H and O–H groups in total. The molecular formula is C20H20N4O4. The predicted octanol–water partition coefficient (Wildman–Crippen LogP) is 2.95. The molecule has 0 aliphatic heterocycles. The van der Waals surface area contributed by atoms with Crippen molar-refractivity contribution in [3.8, 4) is 28.5 Å². The number of methoxy groups -OCH3 is 2. The third kappa shape index (κ3) is 4.12. The second kappa shape index (κ2) is 8.26. The number of hydrogen-bond donors (Lipinski definition) is 3. The van der Waals surface area contributed by atoms with Gasteiger partial charge in [0.2, 0.25) is 0 Å². The smallest absolute Gasteiger partial charge is 0.289 e. The van der Waals surface area contributed by atoms with Crippen LogP contribution in [0.25, 0.3) is 11.3 Å². The largest absolute Gasteiger partial charge is 0.508 e. The molecule has 144 valence electrons. The van der Waals surface area contributed by atoms with Gasteiger partial charge in [-0.25, -0.2) is 5.43 Å². The molecule has 2 aromatic carbocycles. The standard InChI is InChI=1S/C20H20N4O4/c1-12(13-4-6-14(25)7-5-13)21-24-20(26)18-11-17(22-23-18)16-10-15(27-2)8-9-19(16)28-3/h4-11,25H,1-3H3,(H,22,23)(H,24,26)/b21-12+. The predicted molar refractivity (Wildman–Crippen MR) is 105 cm³/mol. The van der Waals surface area contributed by atoms with Gasteiger partial charge in [-0.1, -0.05) is 0 Å². The molecule has 8 heteroatoms. The molecule has 0 fully saturated rings. The number of aromatic amines is 1. The average molecular weight is 380 g/mol. The van der Waals surface area contributed by atoms with Crippen molar-refractivity contribution in [2.24, 2.45) is 5.10 Å². The first-order valence-electron chi connectivity index (χ1n) is 8.43. The number of nitrogens with zero attached hydrogens (tertiary/aromatic N) is 2. The number of ether oxygens (including phenoxy) is 2. The third-order valence-electron chi connectivity index (χ3n) is 4.12. The van der Waals surface area contributed by atoms with Gasteiger partial charge in [0, 0.05) is 5.56 Å². The number of H-pyrrole nitrogens is 1. The van der Waals surface area contributed by atoms with Crippen LogP contribution in [0.3, 0.4) is 0 Å². The van der Waals surface area contributed by atoms with E-state index in [9.17, 15) is 9.90 Å². The van der Waals surface area contributed by atoms with Gasteiger partial charge in [0.05, 0.1) is 25.6 Å². The van der Waals surface area contributed by atoms with Gasteiger partial charge in [0.15, 0.2) is 0 Å². The van der Waals surface area contributed by atoms with Crippen molar-refractivity contribution < 1.29 is 19.4 Å². The van der Waals surface area contributed by atoms with Gasteiger partial charge in [0.25, 0.3) is 5.91 Å². The molecule has 1 aromatic heterocycles. The molecule has 0 aliphatic rings.